The van der Waals surface area contributed by atoms with Gasteiger partial charge in [-0.25, -0.2) is 4.39 Å². The predicted molar refractivity (Wildman–Crippen MR) is 60.9 cm³/mol. The van der Waals surface area contributed by atoms with E-state index in [1.807, 2.05) is 6.07 Å². The summed E-state index contributed by atoms with van der Waals surface area (Å²) in [7, 11) is 1.57. The van der Waals surface area contributed by atoms with Crippen molar-refractivity contribution in [3.8, 4) is 23.1 Å². The van der Waals surface area contributed by atoms with Crippen LogP contribution in [0.1, 0.15) is 5.56 Å². The van der Waals surface area contributed by atoms with Crippen LogP contribution in [0.15, 0.2) is 36.5 Å². The molecule has 1 aromatic heterocycles. The third kappa shape index (κ3) is 2.23. The van der Waals surface area contributed by atoms with Gasteiger partial charge in [0.05, 0.1) is 12.7 Å². The molecule has 0 saturated carbocycles. The lowest BCUT2D eigenvalue weighted by atomic mass is 10.1. The van der Waals surface area contributed by atoms with Crippen LogP contribution >= 0.6 is 0 Å². The van der Waals surface area contributed by atoms with E-state index in [1.54, 1.807) is 31.4 Å². The molecular formula is C13H9FN2O. The molecule has 0 atom stereocenters. The topological polar surface area (TPSA) is 45.9 Å². The molecule has 2 rings (SSSR count). The lowest BCUT2D eigenvalue weighted by molar-refractivity contribution is 0.415. The van der Waals surface area contributed by atoms with Gasteiger partial charge in [-0.2, -0.15) is 5.26 Å². The maximum Gasteiger partial charge on any atom is 0.150 e. The Balaban J connectivity index is 2.42. The molecule has 0 saturated heterocycles. The third-order valence-corrected chi connectivity index (χ3v) is 2.33. The number of nitrogens with zero attached hydrogens (tertiary/aromatic N) is 2. The van der Waals surface area contributed by atoms with E-state index in [9.17, 15) is 4.39 Å². The number of halogens is 1. The summed E-state index contributed by atoms with van der Waals surface area (Å²) in [5.74, 6) is 0.192. The van der Waals surface area contributed by atoms with Gasteiger partial charge in [-0.05, 0) is 30.3 Å². The molecule has 0 aliphatic rings. The van der Waals surface area contributed by atoms with Crippen LogP contribution in [0.25, 0.3) is 11.3 Å². The predicted octanol–water partition coefficient (Wildman–Crippen LogP) is 2.77. The monoisotopic (exact) mass is 228 g/mol. The van der Waals surface area contributed by atoms with Crippen LogP contribution in [0.4, 0.5) is 4.39 Å². The standard InChI is InChI=1S/C13H9FN2O/c1-17-11-4-2-10(3-5-11)13-12(14)6-9(7-15)8-16-13/h2-6,8H,1H3. The Morgan fingerprint density at radius 2 is 2.00 bits per heavy atom. The van der Waals surface area contributed by atoms with E-state index in [2.05, 4.69) is 4.98 Å². The molecule has 0 aliphatic heterocycles. The molecular weight excluding hydrogens is 219 g/mol. The first kappa shape index (κ1) is 11.1. The number of rotatable bonds is 2. The number of pyridine rings is 1. The number of ether oxygens (including phenoxy) is 1. The molecule has 17 heavy (non-hydrogen) atoms. The van der Waals surface area contributed by atoms with Crippen molar-refractivity contribution in [2.75, 3.05) is 7.11 Å². The zero-order chi connectivity index (χ0) is 12.3. The van der Waals surface area contributed by atoms with E-state index in [4.69, 9.17) is 10.00 Å². The minimum absolute atomic E-state index is 0.208. The van der Waals surface area contributed by atoms with Crippen LogP contribution in [0.5, 0.6) is 5.75 Å². The summed E-state index contributed by atoms with van der Waals surface area (Å²) >= 11 is 0. The lowest BCUT2D eigenvalue weighted by Crippen LogP contribution is -1.91. The molecule has 3 nitrogen and oxygen atoms in total. The van der Waals surface area contributed by atoms with Crippen LogP contribution in [-0.4, -0.2) is 12.1 Å². The van der Waals surface area contributed by atoms with Crippen molar-refractivity contribution < 1.29 is 9.13 Å². The van der Waals surface area contributed by atoms with Crippen molar-refractivity contribution in [2.24, 2.45) is 0 Å². The van der Waals surface area contributed by atoms with E-state index in [1.165, 1.54) is 12.3 Å². The van der Waals surface area contributed by atoms with E-state index >= 15 is 0 Å². The minimum Gasteiger partial charge on any atom is -0.497 e. The quantitative estimate of drug-likeness (QED) is 0.793. The summed E-state index contributed by atoms with van der Waals surface area (Å²) in [6.07, 6.45) is 1.35. The number of nitriles is 1. The molecule has 0 radical (unpaired) electrons. The molecule has 0 aliphatic carbocycles. The first-order valence-electron chi connectivity index (χ1n) is 4.94. The molecule has 2 aromatic rings. The number of hydrogen-bond donors (Lipinski definition) is 0. The summed E-state index contributed by atoms with van der Waals surface area (Å²) in [6.45, 7) is 0. The van der Waals surface area contributed by atoms with Gasteiger partial charge in [0, 0.05) is 11.8 Å². The molecule has 84 valence electrons. The van der Waals surface area contributed by atoms with Gasteiger partial charge >= 0.3 is 0 Å². The molecule has 4 heteroatoms. The Morgan fingerprint density at radius 1 is 1.29 bits per heavy atom. The first-order valence-corrected chi connectivity index (χ1v) is 4.94. The highest BCUT2D eigenvalue weighted by molar-refractivity contribution is 5.61. The van der Waals surface area contributed by atoms with Gasteiger partial charge in [-0.15, -0.1) is 0 Å². The molecule has 0 unspecified atom stereocenters. The Kier molecular flexibility index (Phi) is 3.01. The Hall–Kier alpha value is -2.41. The highest BCUT2D eigenvalue weighted by Crippen LogP contribution is 2.23. The van der Waals surface area contributed by atoms with E-state index in [-0.39, 0.29) is 11.3 Å². The van der Waals surface area contributed by atoms with Crippen molar-refractivity contribution in [1.29, 1.82) is 5.26 Å². The minimum atomic E-state index is -0.505. The second-order valence-corrected chi connectivity index (χ2v) is 3.39. The van der Waals surface area contributed by atoms with Crippen LogP contribution in [0, 0.1) is 17.1 Å². The maximum absolute atomic E-state index is 13.7. The van der Waals surface area contributed by atoms with Crippen LogP contribution in [0.2, 0.25) is 0 Å². The van der Waals surface area contributed by atoms with Crippen molar-refractivity contribution in [3.05, 3.63) is 47.9 Å². The summed E-state index contributed by atoms with van der Waals surface area (Å²) < 4.78 is 18.7. The van der Waals surface area contributed by atoms with Gasteiger partial charge in [0.25, 0.3) is 0 Å². The fourth-order valence-electron chi connectivity index (χ4n) is 1.46. The SMILES string of the molecule is COc1ccc(-c2ncc(C#N)cc2F)cc1. The van der Waals surface area contributed by atoms with Crippen LogP contribution < -0.4 is 4.74 Å². The van der Waals surface area contributed by atoms with E-state index < -0.39 is 5.82 Å². The summed E-state index contributed by atoms with van der Waals surface area (Å²) in [5, 5.41) is 8.62. The molecule has 0 N–H and O–H groups in total. The average Bonchev–Trinajstić information content (AvgIpc) is 2.39. The lowest BCUT2D eigenvalue weighted by Gasteiger charge is -2.04. The zero-order valence-electron chi connectivity index (χ0n) is 9.14. The fraction of sp³-hybridized carbons (Fsp3) is 0.0769. The molecule has 1 aromatic carbocycles. The number of hydrogen-bond acceptors (Lipinski definition) is 3. The zero-order valence-corrected chi connectivity index (χ0v) is 9.14. The summed E-state index contributed by atoms with van der Waals surface area (Å²) in [4.78, 5) is 3.94. The van der Waals surface area contributed by atoms with Crippen molar-refractivity contribution in [2.45, 2.75) is 0 Å². The number of aromatic nitrogens is 1. The van der Waals surface area contributed by atoms with Crippen molar-refractivity contribution in [1.82, 2.24) is 4.98 Å². The molecule has 0 bridgehead atoms. The Morgan fingerprint density at radius 3 is 2.53 bits per heavy atom. The van der Waals surface area contributed by atoms with Crippen molar-refractivity contribution in [3.63, 3.8) is 0 Å². The molecule has 1 heterocycles. The smallest absolute Gasteiger partial charge is 0.150 e. The van der Waals surface area contributed by atoms with E-state index in [0.29, 0.717) is 11.3 Å². The largest absolute Gasteiger partial charge is 0.497 e. The van der Waals surface area contributed by atoms with Gasteiger partial charge in [0.15, 0.2) is 5.82 Å². The van der Waals surface area contributed by atoms with Crippen LogP contribution in [0.3, 0.4) is 0 Å². The molecule has 0 fully saturated rings. The highest BCUT2D eigenvalue weighted by atomic mass is 19.1. The normalized spacial score (nSPS) is 9.71. The fourth-order valence-corrected chi connectivity index (χ4v) is 1.46. The summed E-state index contributed by atoms with van der Waals surface area (Å²) in [5.41, 5.74) is 1.08. The maximum atomic E-state index is 13.7. The van der Waals surface area contributed by atoms with Gasteiger partial charge in [0.2, 0.25) is 0 Å². The summed E-state index contributed by atoms with van der Waals surface area (Å²) in [6, 6.07) is 9.91. The highest BCUT2D eigenvalue weighted by Gasteiger charge is 2.07. The average molecular weight is 228 g/mol. The number of benzene rings is 1. The molecule has 0 spiro atoms. The first-order chi connectivity index (χ1) is 8.24. The third-order valence-electron chi connectivity index (χ3n) is 2.33. The second-order valence-electron chi connectivity index (χ2n) is 3.39. The van der Waals surface area contributed by atoms with E-state index in [0.717, 1.165) is 0 Å². The second kappa shape index (κ2) is 4.62. The van der Waals surface area contributed by atoms with Gasteiger partial charge in [-0.3, -0.25) is 4.98 Å². The Labute approximate surface area is 98.1 Å². The van der Waals surface area contributed by atoms with Gasteiger partial charge < -0.3 is 4.74 Å². The molecule has 0 amide bonds. The Bertz CT molecular complexity index is 573. The van der Waals surface area contributed by atoms with Crippen molar-refractivity contribution >= 4 is 0 Å². The van der Waals surface area contributed by atoms with Gasteiger partial charge in [-0.1, -0.05) is 0 Å². The van der Waals surface area contributed by atoms with Crippen LogP contribution in [-0.2, 0) is 0 Å². The van der Waals surface area contributed by atoms with Gasteiger partial charge in [0.1, 0.15) is 17.5 Å². The number of methoxy groups -OCH3 is 1.